The molecule has 26 heavy (non-hydrogen) atoms. The molecule has 3 aromatic heterocycles. The molecule has 8 heteroatoms. The molecular formula is C18H19N5O3. The van der Waals surface area contributed by atoms with Crippen molar-refractivity contribution in [1.82, 2.24) is 20.1 Å². The predicted molar refractivity (Wildman–Crippen MR) is 95.1 cm³/mol. The van der Waals surface area contributed by atoms with Gasteiger partial charge < -0.3 is 15.1 Å². The number of carbonyl (C=O) groups is 2. The van der Waals surface area contributed by atoms with E-state index >= 15 is 0 Å². The Morgan fingerprint density at radius 3 is 2.62 bits per heavy atom. The zero-order chi connectivity index (χ0) is 18.7. The van der Waals surface area contributed by atoms with Gasteiger partial charge in [0, 0.05) is 5.69 Å². The Bertz CT molecular complexity index is 913. The molecule has 2 N–H and O–H groups in total. The van der Waals surface area contributed by atoms with Crippen molar-refractivity contribution in [3.05, 3.63) is 59.9 Å². The van der Waals surface area contributed by atoms with Gasteiger partial charge in [-0.3, -0.25) is 9.59 Å². The lowest BCUT2D eigenvalue weighted by Crippen LogP contribution is -2.41. The average molecular weight is 353 g/mol. The fourth-order valence-electron chi connectivity index (χ4n) is 2.44. The van der Waals surface area contributed by atoms with Gasteiger partial charge in [-0.15, -0.1) is 0 Å². The summed E-state index contributed by atoms with van der Waals surface area (Å²) >= 11 is 0. The minimum absolute atomic E-state index is 0.345. The van der Waals surface area contributed by atoms with Gasteiger partial charge in [0.05, 0.1) is 29.4 Å². The molecule has 0 spiro atoms. The molecule has 0 bridgehead atoms. The fourth-order valence-corrected chi connectivity index (χ4v) is 2.44. The van der Waals surface area contributed by atoms with Crippen LogP contribution in [0.4, 0.5) is 5.69 Å². The van der Waals surface area contributed by atoms with E-state index in [9.17, 15) is 9.59 Å². The van der Waals surface area contributed by atoms with Gasteiger partial charge in [-0.1, -0.05) is 0 Å². The molecule has 8 nitrogen and oxygen atoms in total. The highest BCUT2D eigenvalue weighted by Gasteiger charge is 2.17. The number of furan rings is 1. The van der Waals surface area contributed by atoms with Crippen molar-refractivity contribution >= 4 is 17.5 Å². The van der Waals surface area contributed by atoms with Crippen molar-refractivity contribution in [3.8, 4) is 5.82 Å². The Balaban J connectivity index is 1.62. The molecule has 1 atom stereocenters. The van der Waals surface area contributed by atoms with Gasteiger partial charge in [-0.25, -0.2) is 9.67 Å². The van der Waals surface area contributed by atoms with Crippen molar-refractivity contribution in [1.29, 1.82) is 0 Å². The number of amides is 2. The summed E-state index contributed by atoms with van der Waals surface area (Å²) in [5.74, 6) is -0.0585. The van der Waals surface area contributed by atoms with Crippen molar-refractivity contribution in [2.24, 2.45) is 0 Å². The third-order valence-corrected chi connectivity index (χ3v) is 3.77. The zero-order valence-corrected chi connectivity index (χ0v) is 14.7. The average Bonchev–Trinajstić information content (AvgIpc) is 3.25. The second-order valence-corrected chi connectivity index (χ2v) is 5.94. The highest BCUT2D eigenvalue weighted by molar-refractivity contribution is 6.00. The number of aromatic nitrogens is 3. The lowest BCUT2D eigenvalue weighted by atomic mass is 10.2. The van der Waals surface area contributed by atoms with Crippen LogP contribution in [0.3, 0.4) is 0 Å². The maximum Gasteiger partial charge on any atom is 0.255 e. The van der Waals surface area contributed by atoms with Crippen LogP contribution in [0.1, 0.15) is 28.7 Å². The van der Waals surface area contributed by atoms with E-state index in [4.69, 9.17) is 4.42 Å². The second-order valence-electron chi connectivity index (χ2n) is 5.94. The summed E-state index contributed by atoms with van der Waals surface area (Å²) in [5.41, 5.74) is 2.77. The summed E-state index contributed by atoms with van der Waals surface area (Å²) in [6.07, 6.45) is 4.27. The van der Waals surface area contributed by atoms with E-state index in [0.717, 1.165) is 11.4 Å². The predicted octanol–water partition coefficient (Wildman–Crippen LogP) is 2.23. The Morgan fingerprint density at radius 2 is 2.04 bits per heavy atom. The van der Waals surface area contributed by atoms with E-state index in [-0.39, 0.29) is 11.8 Å². The molecule has 0 radical (unpaired) electrons. The third-order valence-electron chi connectivity index (χ3n) is 3.77. The van der Waals surface area contributed by atoms with Crippen LogP contribution in [-0.4, -0.2) is 32.6 Å². The number of nitrogens with one attached hydrogen (secondary N) is 2. The Morgan fingerprint density at radius 1 is 1.23 bits per heavy atom. The Kier molecular flexibility index (Phi) is 4.83. The van der Waals surface area contributed by atoms with Gasteiger partial charge in [0.2, 0.25) is 5.91 Å². The first kappa shape index (κ1) is 17.4. The smallest absolute Gasteiger partial charge is 0.255 e. The van der Waals surface area contributed by atoms with Crippen LogP contribution in [0.25, 0.3) is 5.82 Å². The molecular weight excluding hydrogens is 334 g/mol. The van der Waals surface area contributed by atoms with E-state index < -0.39 is 6.04 Å². The summed E-state index contributed by atoms with van der Waals surface area (Å²) in [6.45, 7) is 5.46. The molecule has 3 heterocycles. The van der Waals surface area contributed by atoms with Crippen LogP contribution in [-0.2, 0) is 4.79 Å². The molecule has 0 aliphatic carbocycles. The minimum atomic E-state index is -0.715. The number of nitrogens with zero attached hydrogens (tertiary/aromatic N) is 3. The number of anilines is 1. The topological polar surface area (TPSA) is 102 Å². The summed E-state index contributed by atoms with van der Waals surface area (Å²) in [4.78, 5) is 28.5. The van der Waals surface area contributed by atoms with Crippen molar-refractivity contribution in [2.75, 3.05) is 5.32 Å². The van der Waals surface area contributed by atoms with E-state index in [1.54, 1.807) is 29.9 Å². The monoisotopic (exact) mass is 353 g/mol. The van der Waals surface area contributed by atoms with Crippen LogP contribution in [0.15, 0.2) is 47.4 Å². The first-order valence-corrected chi connectivity index (χ1v) is 8.07. The summed E-state index contributed by atoms with van der Waals surface area (Å²) in [7, 11) is 0. The molecule has 0 aromatic carbocycles. The number of hydrogen-bond acceptors (Lipinski definition) is 5. The first-order chi connectivity index (χ1) is 12.4. The molecule has 0 saturated carbocycles. The molecule has 3 rings (SSSR count). The van der Waals surface area contributed by atoms with Crippen LogP contribution >= 0.6 is 0 Å². The maximum atomic E-state index is 12.2. The van der Waals surface area contributed by atoms with E-state index in [1.165, 1.54) is 18.6 Å². The Hall–Kier alpha value is -3.42. The standard InChI is InChI=1S/C18H19N5O3/c1-11-8-12(2)23(22-11)16-5-4-15(9-19-16)21-17(24)13(3)20-18(25)14-6-7-26-10-14/h4-10,13H,1-3H3,(H,20,25)(H,21,24). The SMILES string of the molecule is Cc1cc(C)n(-c2ccc(NC(=O)C(C)NC(=O)c3ccoc3)cn2)n1. The van der Waals surface area contributed by atoms with Crippen LogP contribution in [0.2, 0.25) is 0 Å². The van der Waals surface area contributed by atoms with Gasteiger partial charge in [-0.2, -0.15) is 5.10 Å². The minimum Gasteiger partial charge on any atom is -0.472 e. The summed E-state index contributed by atoms with van der Waals surface area (Å²) in [6, 6.07) is 6.28. The Labute approximate surface area is 150 Å². The molecule has 134 valence electrons. The molecule has 0 aliphatic heterocycles. The zero-order valence-electron chi connectivity index (χ0n) is 14.7. The van der Waals surface area contributed by atoms with Crippen LogP contribution in [0, 0.1) is 13.8 Å². The number of aryl methyl sites for hydroxylation is 2. The highest BCUT2D eigenvalue weighted by Crippen LogP contribution is 2.13. The molecule has 3 aromatic rings. The fraction of sp³-hybridized carbons (Fsp3) is 0.222. The third kappa shape index (κ3) is 3.80. The molecule has 0 aliphatic rings. The lowest BCUT2D eigenvalue weighted by molar-refractivity contribution is -0.117. The molecule has 1 unspecified atom stereocenters. The highest BCUT2D eigenvalue weighted by atomic mass is 16.3. The summed E-state index contributed by atoms with van der Waals surface area (Å²) < 4.78 is 6.58. The number of carbonyl (C=O) groups excluding carboxylic acids is 2. The largest absolute Gasteiger partial charge is 0.472 e. The van der Waals surface area contributed by atoms with E-state index in [0.29, 0.717) is 17.1 Å². The maximum absolute atomic E-state index is 12.2. The molecule has 0 fully saturated rings. The van der Waals surface area contributed by atoms with Crippen LogP contribution in [0.5, 0.6) is 0 Å². The number of pyridine rings is 1. The number of rotatable bonds is 5. The quantitative estimate of drug-likeness (QED) is 0.732. The van der Waals surface area contributed by atoms with Gasteiger partial charge in [0.25, 0.3) is 5.91 Å². The van der Waals surface area contributed by atoms with Crippen molar-refractivity contribution in [2.45, 2.75) is 26.8 Å². The molecule has 2 amide bonds. The number of hydrogen-bond donors (Lipinski definition) is 2. The van der Waals surface area contributed by atoms with Gasteiger partial charge in [0.15, 0.2) is 5.82 Å². The van der Waals surface area contributed by atoms with Gasteiger partial charge in [-0.05, 0) is 45.0 Å². The van der Waals surface area contributed by atoms with Crippen molar-refractivity contribution < 1.29 is 14.0 Å². The normalized spacial score (nSPS) is 11.8. The van der Waals surface area contributed by atoms with Gasteiger partial charge in [0.1, 0.15) is 12.3 Å². The summed E-state index contributed by atoms with van der Waals surface area (Å²) in [5, 5.41) is 9.69. The second kappa shape index (κ2) is 7.22. The van der Waals surface area contributed by atoms with E-state index in [2.05, 4.69) is 20.7 Å². The van der Waals surface area contributed by atoms with Crippen molar-refractivity contribution in [3.63, 3.8) is 0 Å². The molecule has 0 saturated heterocycles. The van der Waals surface area contributed by atoms with Crippen LogP contribution < -0.4 is 10.6 Å². The van der Waals surface area contributed by atoms with E-state index in [1.807, 2.05) is 19.9 Å². The van der Waals surface area contributed by atoms with Gasteiger partial charge >= 0.3 is 0 Å². The first-order valence-electron chi connectivity index (χ1n) is 8.07. The lowest BCUT2D eigenvalue weighted by Gasteiger charge is -2.13.